The van der Waals surface area contributed by atoms with Gasteiger partial charge in [-0.1, -0.05) is 0 Å². The molecule has 0 amide bonds. The lowest BCUT2D eigenvalue weighted by Gasteiger charge is -2.33. The average molecular weight is 237 g/mol. The number of ether oxygens (including phenoxy) is 1. The van der Waals surface area contributed by atoms with Gasteiger partial charge in [0.15, 0.2) is 5.25 Å². The Kier molecular flexibility index (Phi) is 3.69. The molecule has 0 aliphatic carbocycles. The van der Waals surface area contributed by atoms with E-state index in [1.807, 2.05) is 0 Å². The molecular formula is C8H15NO5S. The van der Waals surface area contributed by atoms with Crippen LogP contribution in [-0.2, 0) is 19.6 Å². The highest BCUT2D eigenvalue weighted by Gasteiger charge is 2.37. The lowest BCUT2D eigenvalue weighted by Crippen LogP contribution is -2.51. The van der Waals surface area contributed by atoms with Crippen molar-refractivity contribution in [3.8, 4) is 0 Å². The highest BCUT2D eigenvalue weighted by atomic mass is 32.2. The second kappa shape index (κ2) is 4.46. The lowest BCUT2D eigenvalue weighted by molar-refractivity contribution is -0.136. The maximum absolute atomic E-state index is 11.8. The molecule has 0 radical (unpaired) electrons. The molecule has 7 heteroatoms. The molecular weight excluding hydrogens is 222 g/mol. The van der Waals surface area contributed by atoms with Crippen LogP contribution >= 0.6 is 0 Å². The molecule has 1 heterocycles. The summed E-state index contributed by atoms with van der Waals surface area (Å²) in [7, 11) is -3.76. The average Bonchev–Trinajstić information content (AvgIpc) is 2.16. The van der Waals surface area contributed by atoms with Crippen LogP contribution in [0, 0.1) is 0 Å². The molecule has 15 heavy (non-hydrogen) atoms. The van der Waals surface area contributed by atoms with E-state index in [0.717, 1.165) is 0 Å². The van der Waals surface area contributed by atoms with Crippen LogP contribution in [0.2, 0.25) is 0 Å². The Morgan fingerprint density at radius 2 is 2.20 bits per heavy atom. The summed E-state index contributed by atoms with van der Waals surface area (Å²) in [6.45, 7) is 3.73. The van der Waals surface area contributed by atoms with Gasteiger partial charge < -0.3 is 9.84 Å². The Morgan fingerprint density at radius 3 is 2.67 bits per heavy atom. The number of carboxylic acid groups (broad SMARTS) is 1. The van der Waals surface area contributed by atoms with E-state index >= 15 is 0 Å². The number of rotatable bonds is 3. The fraction of sp³-hybridized carbons (Fsp3) is 0.875. The minimum Gasteiger partial charge on any atom is -0.480 e. The highest BCUT2D eigenvalue weighted by molar-refractivity contribution is 7.90. The molecule has 1 aliphatic heterocycles. The van der Waals surface area contributed by atoms with Crippen LogP contribution in [-0.4, -0.2) is 54.8 Å². The Hall–Kier alpha value is -0.660. The predicted octanol–water partition coefficient (Wildman–Crippen LogP) is -0.490. The second-order valence-electron chi connectivity index (χ2n) is 3.56. The largest absolute Gasteiger partial charge is 0.480 e. The van der Waals surface area contributed by atoms with E-state index in [4.69, 9.17) is 9.84 Å². The third-order valence-electron chi connectivity index (χ3n) is 2.43. The van der Waals surface area contributed by atoms with Crippen molar-refractivity contribution in [1.82, 2.24) is 4.31 Å². The first-order chi connectivity index (χ1) is 6.87. The van der Waals surface area contributed by atoms with E-state index in [1.54, 1.807) is 6.92 Å². The normalized spacial score (nSPS) is 26.1. The molecule has 0 spiro atoms. The summed E-state index contributed by atoms with van der Waals surface area (Å²) in [6, 6.07) is -0.300. The summed E-state index contributed by atoms with van der Waals surface area (Å²) in [4.78, 5) is 10.7. The van der Waals surface area contributed by atoms with Crippen molar-refractivity contribution >= 4 is 16.0 Å². The first kappa shape index (κ1) is 12.4. The molecule has 1 aliphatic rings. The van der Waals surface area contributed by atoms with E-state index in [-0.39, 0.29) is 12.6 Å². The molecule has 1 fully saturated rings. The molecule has 1 N–H and O–H groups in total. The van der Waals surface area contributed by atoms with Crippen molar-refractivity contribution in [2.24, 2.45) is 0 Å². The molecule has 0 saturated carbocycles. The number of aliphatic carboxylic acids is 1. The van der Waals surface area contributed by atoms with Crippen molar-refractivity contribution in [3.63, 3.8) is 0 Å². The van der Waals surface area contributed by atoms with E-state index in [9.17, 15) is 13.2 Å². The zero-order valence-corrected chi connectivity index (χ0v) is 9.53. The van der Waals surface area contributed by atoms with E-state index in [0.29, 0.717) is 13.2 Å². The van der Waals surface area contributed by atoms with Gasteiger partial charge in [-0.2, -0.15) is 4.31 Å². The van der Waals surface area contributed by atoms with Crippen molar-refractivity contribution < 1.29 is 23.1 Å². The third-order valence-corrected chi connectivity index (χ3v) is 4.72. The van der Waals surface area contributed by atoms with Crippen molar-refractivity contribution in [2.45, 2.75) is 25.1 Å². The SMILES string of the molecule is CC1COCCN1S(=O)(=O)C(C)C(=O)O. The molecule has 0 aromatic carbocycles. The number of morpholine rings is 1. The van der Waals surface area contributed by atoms with Crippen LogP contribution in [0.4, 0.5) is 0 Å². The van der Waals surface area contributed by atoms with Gasteiger partial charge in [-0.25, -0.2) is 8.42 Å². The maximum atomic E-state index is 11.8. The zero-order chi connectivity index (χ0) is 11.6. The topological polar surface area (TPSA) is 83.9 Å². The molecule has 6 nitrogen and oxygen atoms in total. The first-order valence-corrected chi connectivity index (χ1v) is 6.19. The van der Waals surface area contributed by atoms with Gasteiger partial charge in [0.2, 0.25) is 10.0 Å². The maximum Gasteiger partial charge on any atom is 0.323 e. The number of carboxylic acids is 1. The third kappa shape index (κ3) is 2.47. The fourth-order valence-corrected chi connectivity index (χ4v) is 2.97. The van der Waals surface area contributed by atoms with Crippen LogP contribution in [0.3, 0.4) is 0 Å². The van der Waals surface area contributed by atoms with Crippen molar-refractivity contribution in [3.05, 3.63) is 0 Å². The van der Waals surface area contributed by atoms with Gasteiger partial charge >= 0.3 is 5.97 Å². The fourth-order valence-electron chi connectivity index (χ4n) is 1.42. The van der Waals surface area contributed by atoms with Gasteiger partial charge in [0.1, 0.15) is 0 Å². The standard InChI is InChI=1S/C8H15NO5S/c1-6-5-14-4-3-9(6)15(12,13)7(2)8(10)11/h6-7H,3-5H2,1-2H3,(H,10,11). The van der Waals surface area contributed by atoms with Crippen molar-refractivity contribution in [1.29, 1.82) is 0 Å². The molecule has 2 atom stereocenters. The molecule has 0 bridgehead atoms. The van der Waals surface area contributed by atoms with Crippen LogP contribution in [0.5, 0.6) is 0 Å². The van der Waals surface area contributed by atoms with E-state index in [1.165, 1.54) is 11.2 Å². The summed E-state index contributed by atoms with van der Waals surface area (Å²) in [6.07, 6.45) is 0. The van der Waals surface area contributed by atoms with Gasteiger partial charge in [-0.3, -0.25) is 4.79 Å². The summed E-state index contributed by atoms with van der Waals surface area (Å²) in [5, 5.41) is 7.29. The van der Waals surface area contributed by atoms with Gasteiger partial charge in [-0.15, -0.1) is 0 Å². The summed E-state index contributed by atoms with van der Waals surface area (Å²) in [5.74, 6) is -1.33. The summed E-state index contributed by atoms with van der Waals surface area (Å²) in [5.41, 5.74) is 0. The number of hydrogen-bond acceptors (Lipinski definition) is 4. The minimum absolute atomic E-state index is 0.223. The number of nitrogens with zero attached hydrogens (tertiary/aromatic N) is 1. The van der Waals surface area contributed by atoms with Gasteiger partial charge in [0, 0.05) is 12.6 Å². The van der Waals surface area contributed by atoms with Gasteiger partial charge in [0.05, 0.1) is 13.2 Å². The van der Waals surface area contributed by atoms with Crippen LogP contribution in [0.1, 0.15) is 13.8 Å². The Labute approximate surface area is 88.9 Å². The van der Waals surface area contributed by atoms with Crippen molar-refractivity contribution in [2.75, 3.05) is 19.8 Å². The lowest BCUT2D eigenvalue weighted by atomic mass is 10.3. The predicted molar refractivity (Wildman–Crippen MR) is 53.0 cm³/mol. The number of carbonyl (C=O) groups is 1. The molecule has 2 unspecified atom stereocenters. The summed E-state index contributed by atoms with van der Waals surface area (Å²) >= 11 is 0. The quantitative estimate of drug-likeness (QED) is 0.716. The first-order valence-electron chi connectivity index (χ1n) is 4.68. The Morgan fingerprint density at radius 1 is 1.60 bits per heavy atom. The smallest absolute Gasteiger partial charge is 0.323 e. The summed E-state index contributed by atoms with van der Waals surface area (Å²) < 4.78 is 30.0. The van der Waals surface area contributed by atoms with Crippen LogP contribution in [0.25, 0.3) is 0 Å². The highest BCUT2D eigenvalue weighted by Crippen LogP contribution is 2.16. The minimum atomic E-state index is -3.76. The Balaban J connectivity index is 2.89. The number of sulfonamides is 1. The van der Waals surface area contributed by atoms with Gasteiger partial charge in [0.25, 0.3) is 0 Å². The van der Waals surface area contributed by atoms with Gasteiger partial charge in [-0.05, 0) is 13.8 Å². The Bertz CT molecular complexity index is 339. The zero-order valence-electron chi connectivity index (χ0n) is 8.71. The van der Waals surface area contributed by atoms with Crippen LogP contribution < -0.4 is 0 Å². The second-order valence-corrected chi connectivity index (χ2v) is 5.77. The van der Waals surface area contributed by atoms with E-state index in [2.05, 4.69) is 0 Å². The molecule has 88 valence electrons. The molecule has 0 aromatic heterocycles. The number of hydrogen-bond donors (Lipinski definition) is 1. The molecule has 1 saturated heterocycles. The van der Waals surface area contributed by atoms with E-state index < -0.39 is 21.2 Å². The molecule has 1 rings (SSSR count). The molecule has 0 aromatic rings. The monoisotopic (exact) mass is 237 g/mol. The van der Waals surface area contributed by atoms with Crippen LogP contribution in [0.15, 0.2) is 0 Å².